The van der Waals surface area contributed by atoms with Crippen molar-refractivity contribution in [3.05, 3.63) is 28.8 Å². The Morgan fingerprint density at radius 3 is 2.64 bits per heavy atom. The molecule has 8 heteroatoms. The monoisotopic (exact) mass is 340 g/mol. The highest BCUT2D eigenvalue weighted by atomic mass is 35.5. The van der Waals surface area contributed by atoms with Gasteiger partial charge in [-0.15, -0.1) is 0 Å². The van der Waals surface area contributed by atoms with E-state index in [-0.39, 0.29) is 21.5 Å². The molecule has 3 fully saturated rings. The number of fused-ring (bicyclic) bond motifs is 3. The van der Waals surface area contributed by atoms with Gasteiger partial charge in [0.2, 0.25) is 10.0 Å². The Morgan fingerprint density at radius 1 is 1.32 bits per heavy atom. The molecule has 1 atom stereocenters. The van der Waals surface area contributed by atoms with E-state index in [1.807, 2.05) is 6.07 Å². The minimum Gasteiger partial charge on any atom is -0.299 e. The number of nitrogens with one attached hydrogen (secondary N) is 1. The first-order chi connectivity index (χ1) is 10.5. The zero-order valence-electron chi connectivity index (χ0n) is 12.0. The van der Waals surface area contributed by atoms with Gasteiger partial charge in [-0.2, -0.15) is 5.26 Å². The second-order valence-electron chi connectivity index (χ2n) is 5.60. The molecule has 4 rings (SSSR count). The molecule has 0 spiro atoms. The zero-order valence-corrected chi connectivity index (χ0v) is 13.6. The molecular formula is C14H17ClN4O2S. The van der Waals surface area contributed by atoms with E-state index in [9.17, 15) is 8.42 Å². The van der Waals surface area contributed by atoms with Crippen LogP contribution in [-0.4, -0.2) is 63.5 Å². The van der Waals surface area contributed by atoms with E-state index in [0.29, 0.717) is 6.54 Å². The van der Waals surface area contributed by atoms with Crippen molar-refractivity contribution in [3.63, 3.8) is 0 Å². The molecule has 0 radical (unpaired) electrons. The molecule has 1 aromatic carbocycles. The lowest BCUT2D eigenvalue weighted by Crippen LogP contribution is -2.63. The SMILES string of the molecule is N#Cc1ccc(Cl)c(S(=O)(=O)NCC2CN3CCN2CC3)c1. The molecule has 6 nitrogen and oxygen atoms in total. The Hall–Kier alpha value is -1.17. The molecule has 1 aromatic rings. The predicted molar refractivity (Wildman–Crippen MR) is 83.2 cm³/mol. The van der Waals surface area contributed by atoms with Crippen LogP contribution in [0.4, 0.5) is 0 Å². The van der Waals surface area contributed by atoms with Gasteiger partial charge in [-0.1, -0.05) is 11.6 Å². The Balaban J connectivity index is 1.73. The molecule has 1 unspecified atom stereocenters. The van der Waals surface area contributed by atoms with Crippen LogP contribution in [-0.2, 0) is 10.0 Å². The lowest BCUT2D eigenvalue weighted by atomic mass is 10.1. The highest BCUT2D eigenvalue weighted by Crippen LogP contribution is 2.23. The lowest BCUT2D eigenvalue weighted by Gasteiger charge is -2.47. The van der Waals surface area contributed by atoms with Crippen molar-refractivity contribution >= 4 is 21.6 Å². The number of nitrogens with zero attached hydrogens (tertiary/aromatic N) is 3. The second-order valence-corrected chi connectivity index (χ2v) is 7.74. The third-order valence-electron chi connectivity index (χ3n) is 4.25. The van der Waals surface area contributed by atoms with Crippen LogP contribution in [0, 0.1) is 11.3 Å². The molecule has 1 N–H and O–H groups in total. The van der Waals surface area contributed by atoms with Gasteiger partial charge < -0.3 is 0 Å². The van der Waals surface area contributed by atoms with Crippen LogP contribution in [0.5, 0.6) is 0 Å². The van der Waals surface area contributed by atoms with Gasteiger partial charge in [0, 0.05) is 45.3 Å². The van der Waals surface area contributed by atoms with Crippen molar-refractivity contribution in [1.29, 1.82) is 5.26 Å². The fraction of sp³-hybridized carbons (Fsp3) is 0.500. The third kappa shape index (κ3) is 3.12. The topological polar surface area (TPSA) is 76.4 Å². The number of sulfonamides is 1. The summed E-state index contributed by atoms with van der Waals surface area (Å²) >= 11 is 5.98. The van der Waals surface area contributed by atoms with Crippen molar-refractivity contribution < 1.29 is 8.42 Å². The van der Waals surface area contributed by atoms with Gasteiger partial charge in [0.25, 0.3) is 0 Å². The average molecular weight is 341 g/mol. The summed E-state index contributed by atoms with van der Waals surface area (Å²) in [6, 6.07) is 6.36. The number of piperazine rings is 3. The van der Waals surface area contributed by atoms with Crippen LogP contribution in [0.1, 0.15) is 5.56 Å². The number of hydrogen-bond donors (Lipinski definition) is 1. The molecule has 0 aromatic heterocycles. The van der Waals surface area contributed by atoms with Gasteiger partial charge in [0.15, 0.2) is 0 Å². The molecule has 3 aliphatic rings. The fourth-order valence-electron chi connectivity index (χ4n) is 2.98. The van der Waals surface area contributed by atoms with E-state index < -0.39 is 10.0 Å². The van der Waals surface area contributed by atoms with Crippen LogP contribution in [0.3, 0.4) is 0 Å². The maximum Gasteiger partial charge on any atom is 0.242 e. The molecule has 0 saturated carbocycles. The predicted octanol–water partition coefficient (Wildman–Crippen LogP) is 0.490. The van der Waals surface area contributed by atoms with Crippen LogP contribution >= 0.6 is 11.6 Å². The van der Waals surface area contributed by atoms with Crippen molar-refractivity contribution in [2.75, 3.05) is 39.3 Å². The van der Waals surface area contributed by atoms with E-state index in [4.69, 9.17) is 16.9 Å². The quantitative estimate of drug-likeness (QED) is 0.863. The van der Waals surface area contributed by atoms with Gasteiger partial charge in [-0.05, 0) is 18.2 Å². The second kappa shape index (κ2) is 6.14. The van der Waals surface area contributed by atoms with Crippen LogP contribution < -0.4 is 4.72 Å². The summed E-state index contributed by atoms with van der Waals surface area (Å²) in [5.41, 5.74) is 0.274. The summed E-state index contributed by atoms with van der Waals surface area (Å²) in [5.74, 6) is 0. The minimum absolute atomic E-state index is 0.0375. The van der Waals surface area contributed by atoms with Gasteiger partial charge in [0.05, 0.1) is 16.7 Å². The number of nitriles is 1. The Morgan fingerprint density at radius 2 is 2.05 bits per heavy atom. The van der Waals surface area contributed by atoms with E-state index in [1.165, 1.54) is 18.2 Å². The normalized spacial score (nSPS) is 27.5. The van der Waals surface area contributed by atoms with E-state index in [1.54, 1.807) is 0 Å². The molecule has 3 saturated heterocycles. The summed E-state index contributed by atoms with van der Waals surface area (Å²) in [7, 11) is -3.72. The number of hydrogen-bond acceptors (Lipinski definition) is 5. The smallest absolute Gasteiger partial charge is 0.242 e. The molecule has 0 aliphatic carbocycles. The number of benzene rings is 1. The van der Waals surface area contributed by atoms with E-state index in [0.717, 1.165) is 32.7 Å². The number of rotatable bonds is 4. The number of halogens is 1. The van der Waals surface area contributed by atoms with Crippen molar-refractivity contribution in [3.8, 4) is 6.07 Å². The molecular weight excluding hydrogens is 324 g/mol. The average Bonchev–Trinajstić information content (AvgIpc) is 2.54. The van der Waals surface area contributed by atoms with Gasteiger partial charge >= 0.3 is 0 Å². The Kier molecular flexibility index (Phi) is 4.39. The highest BCUT2D eigenvalue weighted by Gasteiger charge is 2.32. The first kappa shape index (κ1) is 15.7. The summed E-state index contributed by atoms with van der Waals surface area (Å²) in [4.78, 5) is 4.63. The van der Waals surface area contributed by atoms with E-state index >= 15 is 0 Å². The summed E-state index contributed by atoms with van der Waals surface area (Å²) in [6.07, 6.45) is 0. The maximum absolute atomic E-state index is 12.4. The molecule has 22 heavy (non-hydrogen) atoms. The fourth-order valence-corrected chi connectivity index (χ4v) is 4.58. The molecule has 2 bridgehead atoms. The summed E-state index contributed by atoms with van der Waals surface area (Å²) < 4.78 is 27.5. The molecule has 3 aliphatic heterocycles. The van der Waals surface area contributed by atoms with Gasteiger partial charge in [-0.3, -0.25) is 9.80 Å². The highest BCUT2D eigenvalue weighted by molar-refractivity contribution is 7.89. The summed E-state index contributed by atoms with van der Waals surface area (Å²) in [6.45, 7) is 5.31. The molecule has 0 amide bonds. The largest absolute Gasteiger partial charge is 0.299 e. The van der Waals surface area contributed by atoms with Gasteiger partial charge in [-0.25, -0.2) is 13.1 Å². The standard InChI is InChI=1S/C14H17ClN4O2S/c15-13-2-1-11(8-16)7-14(13)22(20,21)17-9-12-10-18-3-5-19(12)6-4-18/h1-2,7,12,17H,3-6,9-10H2. The van der Waals surface area contributed by atoms with E-state index in [2.05, 4.69) is 14.5 Å². The summed E-state index contributed by atoms with van der Waals surface area (Å²) in [5, 5.41) is 9.03. The molecule has 3 heterocycles. The first-order valence-corrected chi connectivity index (χ1v) is 9.01. The Bertz CT molecular complexity index is 708. The van der Waals surface area contributed by atoms with Crippen LogP contribution in [0.15, 0.2) is 23.1 Å². The Labute approximate surface area is 135 Å². The minimum atomic E-state index is -3.72. The third-order valence-corrected chi connectivity index (χ3v) is 6.16. The zero-order chi connectivity index (χ0) is 15.7. The first-order valence-electron chi connectivity index (χ1n) is 7.15. The van der Waals surface area contributed by atoms with Crippen LogP contribution in [0.25, 0.3) is 0 Å². The van der Waals surface area contributed by atoms with Crippen molar-refractivity contribution in [2.45, 2.75) is 10.9 Å². The van der Waals surface area contributed by atoms with Crippen LogP contribution in [0.2, 0.25) is 5.02 Å². The maximum atomic E-state index is 12.4. The van der Waals surface area contributed by atoms with Crippen molar-refractivity contribution in [2.24, 2.45) is 0 Å². The van der Waals surface area contributed by atoms with Gasteiger partial charge in [0.1, 0.15) is 4.90 Å². The van der Waals surface area contributed by atoms with Crippen molar-refractivity contribution in [1.82, 2.24) is 14.5 Å². The lowest BCUT2D eigenvalue weighted by molar-refractivity contribution is 0.0158. The molecule has 118 valence electrons.